The Balaban J connectivity index is 1.86. The highest BCUT2D eigenvalue weighted by atomic mass is 16.5. The van der Waals surface area contributed by atoms with E-state index < -0.39 is 0 Å². The van der Waals surface area contributed by atoms with E-state index in [2.05, 4.69) is 17.1 Å². The van der Waals surface area contributed by atoms with E-state index in [1.165, 1.54) is 30.6 Å². The first kappa shape index (κ1) is 17.8. The predicted octanol–water partition coefficient (Wildman–Crippen LogP) is 3.16. The molecule has 0 atom stereocenters. The molecule has 4 nitrogen and oxygen atoms in total. The van der Waals surface area contributed by atoms with Crippen LogP contribution in [-0.4, -0.2) is 25.2 Å². The van der Waals surface area contributed by atoms with Gasteiger partial charge in [0, 0.05) is 5.39 Å². The zero-order chi connectivity index (χ0) is 18.6. The third-order valence-electron chi connectivity index (χ3n) is 5.61. The number of methoxy groups -OCH3 is 1. The molecule has 0 amide bonds. The van der Waals surface area contributed by atoms with Crippen LogP contribution in [0.1, 0.15) is 31.2 Å². The molecular formula is C23H27N2O2+. The fraction of sp³-hybridized carbons (Fsp3) is 0.348. The second-order valence-corrected chi connectivity index (χ2v) is 7.43. The Morgan fingerprint density at radius 1 is 1.00 bits per heavy atom. The van der Waals surface area contributed by atoms with Crippen LogP contribution in [0.3, 0.4) is 0 Å². The van der Waals surface area contributed by atoms with Crippen molar-refractivity contribution in [2.75, 3.05) is 20.2 Å². The van der Waals surface area contributed by atoms with Crippen LogP contribution < -0.4 is 15.1 Å². The summed E-state index contributed by atoms with van der Waals surface area (Å²) in [6.07, 6.45) is 5.10. The fourth-order valence-corrected chi connectivity index (χ4v) is 4.11. The van der Waals surface area contributed by atoms with Crippen LogP contribution in [0.5, 0.6) is 5.75 Å². The fourth-order valence-electron chi connectivity index (χ4n) is 4.11. The summed E-state index contributed by atoms with van der Waals surface area (Å²) < 4.78 is 5.34. The van der Waals surface area contributed by atoms with Crippen molar-refractivity contribution in [3.05, 3.63) is 64.3 Å². The molecule has 0 radical (unpaired) electrons. The molecule has 1 saturated heterocycles. The summed E-state index contributed by atoms with van der Waals surface area (Å²) in [7, 11) is 1.63. The van der Waals surface area contributed by atoms with Crippen molar-refractivity contribution in [2.24, 2.45) is 0 Å². The molecule has 2 heterocycles. The summed E-state index contributed by atoms with van der Waals surface area (Å²) >= 11 is 0. The minimum atomic E-state index is 0.123. The molecule has 1 fully saturated rings. The third kappa shape index (κ3) is 3.76. The van der Waals surface area contributed by atoms with Crippen molar-refractivity contribution in [1.82, 2.24) is 4.98 Å². The summed E-state index contributed by atoms with van der Waals surface area (Å²) in [6, 6.07) is 15.9. The first-order valence-corrected chi connectivity index (χ1v) is 9.88. The molecule has 1 aliphatic rings. The van der Waals surface area contributed by atoms with Gasteiger partial charge in [-0.1, -0.05) is 30.3 Å². The first-order valence-electron chi connectivity index (χ1n) is 9.88. The number of fused-ring (bicyclic) bond motifs is 1. The van der Waals surface area contributed by atoms with Crippen LogP contribution >= 0.6 is 0 Å². The summed E-state index contributed by atoms with van der Waals surface area (Å²) in [4.78, 5) is 18.5. The number of aromatic nitrogens is 1. The van der Waals surface area contributed by atoms with Gasteiger partial charge in [-0.05, 0) is 49.4 Å². The summed E-state index contributed by atoms with van der Waals surface area (Å²) in [5.41, 5.74) is 3.89. The van der Waals surface area contributed by atoms with Gasteiger partial charge in [0.1, 0.15) is 12.3 Å². The van der Waals surface area contributed by atoms with Gasteiger partial charge in [0.25, 0.3) is 0 Å². The molecule has 2 N–H and O–H groups in total. The lowest BCUT2D eigenvalue weighted by atomic mass is 10.0. The SMILES string of the molecule is COc1ccc2[nH]c(-c3ccccc3)c(C[NH+]3CCCCCC3)c(=O)c2c1. The van der Waals surface area contributed by atoms with Crippen molar-refractivity contribution >= 4 is 10.9 Å². The van der Waals surface area contributed by atoms with E-state index in [1.807, 2.05) is 36.4 Å². The molecule has 0 aliphatic carbocycles. The third-order valence-corrected chi connectivity index (χ3v) is 5.61. The minimum absolute atomic E-state index is 0.123. The van der Waals surface area contributed by atoms with E-state index in [9.17, 15) is 4.79 Å². The average molecular weight is 363 g/mol. The van der Waals surface area contributed by atoms with Crippen LogP contribution in [0.2, 0.25) is 0 Å². The van der Waals surface area contributed by atoms with E-state index in [0.717, 1.165) is 42.0 Å². The second-order valence-electron chi connectivity index (χ2n) is 7.43. The molecule has 0 bridgehead atoms. The molecule has 1 aromatic heterocycles. The summed E-state index contributed by atoms with van der Waals surface area (Å²) in [5.74, 6) is 0.716. The summed E-state index contributed by atoms with van der Waals surface area (Å²) in [6.45, 7) is 3.06. The van der Waals surface area contributed by atoms with Crippen molar-refractivity contribution in [3.63, 3.8) is 0 Å². The number of quaternary nitrogens is 1. The summed E-state index contributed by atoms with van der Waals surface area (Å²) in [5, 5.41) is 0.707. The number of pyridine rings is 1. The maximum absolute atomic E-state index is 13.5. The average Bonchev–Trinajstić information content (AvgIpc) is 2.99. The number of likely N-dealkylation sites (tertiary alicyclic amines) is 1. The van der Waals surface area contributed by atoms with Gasteiger partial charge in [-0.3, -0.25) is 4.79 Å². The number of aromatic amines is 1. The van der Waals surface area contributed by atoms with Gasteiger partial charge >= 0.3 is 0 Å². The lowest BCUT2D eigenvalue weighted by molar-refractivity contribution is -0.913. The number of nitrogens with one attached hydrogen (secondary N) is 2. The lowest BCUT2D eigenvalue weighted by Gasteiger charge is -2.19. The van der Waals surface area contributed by atoms with Gasteiger partial charge in [-0.25, -0.2) is 0 Å². The van der Waals surface area contributed by atoms with Gasteiger partial charge < -0.3 is 14.6 Å². The molecule has 4 rings (SSSR count). The van der Waals surface area contributed by atoms with Crippen LogP contribution in [0.15, 0.2) is 53.3 Å². The molecule has 27 heavy (non-hydrogen) atoms. The largest absolute Gasteiger partial charge is 0.497 e. The highest BCUT2D eigenvalue weighted by Gasteiger charge is 2.20. The Hall–Kier alpha value is -2.59. The van der Waals surface area contributed by atoms with Crippen molar-refractivity contribution in [2.45, 2.75) is 32.2 Å². The van der Waals surface area contributed by atoms with Gasteiger partial charge in [0.05, 0.1) is 37.0 Å². The maximum atomic E-state index is 13.5. The standard InChI is InChI=1S/C23H26N2O2/c1-27-18-11-12-21-19(15-18)23(26)20(16-25-13-7-2-3-8-14-25)22(24-21)17-9-5-4-6-10-17/h4-6,9-12,15H,2-3,7-8,13-14,16H2,1H3,(H,24,26)/p+1. The van der Waals surface area contributed by atoms with E-state index in [0.29, 0.717) is 11.1 Å². The normalized spacial score (nSPS) is 15.6. The zero-order valence-corrected chi connectivity index (χ0v) is 15.9. The molecule has 1 aliphatic heterocycles. The smallest absolute Gasteiger partial charge is 0.199 e. The van der Waals surface area contributed by atoms with Crippen molar-refractivity contribution in [1.29, 1.82) is 0 Å². The zero-order valence-electron chi connectivity index (χ0n) is 15.9. The highest BCUT2D eigenvalue weighted by molar-refractivity contribution is 5.84. The second kappa shape index (κ2) is 7.97. The molecule has 140 valence electrons. The first-order chi connectivity index (χ1) is 13.3. The Kier molecular flexibility index (Phi) is 5.26. The number of benzene rings is 2. The van der Waals surface area contributed by atoms with Crippen LogP contribution in [0.25, 0.3) is 22.2 Å². The molecule has 4 heteroatoms. The lowest BCUT2D eigenvalue weighted by Crippen LogP contribution is -3.10. The van der Waals surface area contributed by atoms with E-state index in [1.54, 1.807) is 7.11 Å². The van der Waals surface area contributed by atoms with Crippen LogP contribution in [0, 0.1) is 0 Å². The van der Waals surface area contributed by atoms with E-state index >= 15 is 0 Å². The minimum Gasteiger partial charge on any atom is -0.497 e. The number of rotatable bonds is 4. The predicted molar refractivity (Wildman–Crippen MR) is 109 cm³/mol. The monoisotopic (exact) mass is 363 g/mol. The maximum Gasteiger partial charge on any atom is 0.199 e. The van der Waals surface area contributed by atoms with E-state index in [4.69, 9.17) is 4.74 Å². The Bertz CT molecular complexity index is 971. The number of H-pyrrole nitrogens is 1. The van der Waals surface area contributed by atoms with Crippen molar-refractivity contribution < 1.29 is 9.64 Å². The van der Waals surface area contributed by atoms with Gasteiger partial charge in [-0.2, -0.15) is 0 Å². The molecule has 0 saturated carbocycles. The van der Waals surface area contributed by atoms with Gasteiger partial charge in [0.15, 0.2) is 5.43 Å². The molecule has 0 unspecified atom stereocenters. The van der Waals surface area contributed by atoms with Crippen LogP contribution in [-0.2, 0) is 6.54 Å². The molecular weight excluding hydrogens is 336 g/mol. The Labute approximate surface area is 159 Å². The molecule has 3 aromatic rings. The van der Waals surface area contributed by atoms with E-state index in [-0.39, 0.29) is 5.43 Å². The van der Waals surface area contributed by atoms with Crippen molar-refractivity contribution in [3.8, 4) is 17.0 Å². The number of hydrogen-bond donors (Lipinski definition) is 2. The Morgan fingerprint density at radius 2 is 1.74 bits per heavy atom. The molecule has 0 spiro atoms. The number of ether oxygens (including phenoxy) is 1. The topological polar surface area (TPSA) is 46.5 Å². The van der Waals surface area contributed by atoms with Gasteiger partial charge in [-0.15, -0.1) is 0 Å². The highest BCUT2D eigenvalue weighted by Crippen LogP contribution is 2.24. The molecule has 2 aromatic carbocycles. The Morgan fingerprint density at radius 3 is 2.44 bits per heavy atom. The van der Waals surface area contributed by atoms with Gasteiger partial charge in [0.2, 0.25) is 0 Å². The van der Waals surface area contributed by atoms with Crippen LogP contribution in [0.4, 0.5) is 0 Å². The quantitative estimate of drug-likeness (QED) is 0.748. The number of hydrogen-bond acceptors (Lipinski definition) is 2.